The van der Waals surface area contributed by atoms with Gasteiger partial charge in [-0.1, -0.05) is 6.08 Å². The second-order valence-electron chi connectivity index (χ2n) is 3.89. The van der Waals surface area contributed by atoms with Gasteiger partial charge in [0.25, 0.3) is 0 Å². The molecule has 0 aliphatic heterocycles. The van der Waals surface area contributed by atoms with E-state index in [0.29, 0.717) is 24.3 Å². The molecule has 2 atom stereocenters. The van der Waals surface area contributed by atoms with Crippen molar-refractivity contribution in [3.05, 3.63) is 11.6 Å². The lowest BCUT2D eigenvalue weighted by molar-refractivity contribution is -0.128. The molecule has 2 amide bonds. The summed E-state index contributed by atoms with van der Waals surface area (Å²) in [5.41, 5.74) is 10.2. The fourth-order valence-electron chi connectivity index (χ4n) is 2.54. The Balaban J connectivity index is 2.44. The van der Waals surface area contributed by atoms with Crippen molar-refractivity contribution in [3.63, 3.8) is 0 Å². The first kappa shape index (κ1) is 8.29. The van der Waals surface area contributed by atoms with Crippen molar-refractivity contribution in [1.29, 1.82) is 0 Å². The van der Waals surface area contributed by atoms with Gasteiger partial charge in [0, 0.05) is 5.57 Å². The van der Waals surface area contributed by atoms with Crippen LogP contribution in [0.25, 0.3) is 0 Å². The van der Waals surface area contributed by atoms with Crippen molar-refractivity contribution in [2.45, 2.75) is 19.3 Å². The molecule has 2 unspecified atom stereocenters. The molecule has 2 bridgehead atoms. The summed E-state index contributed by atoms with van der Waals surface area (Å²) in [5, 5.41) is 0. The van der Waals surface area contributed by atoms with Crippen LogP contribution in [0.15, 0.2) is 11.6 Å². The van der Waals surface area contributed by atoms with Crippen LogP contribution in [0.5, 0.6) is 0 Å². The molecule has 4 heteroatoms. The number of allylic oxidation sites excluding steroid dienone is 1. The SMILES string of the molecule is NC(=O)C1=CC2CCC1(C(N)=O)C2. The minimum Gasteiger partial charge on any atom is -0.369 e. The molecule has 4 nitrogen and oxygen atoms in total. The molecule has 0 saturated heterocycles. The van der Waals surface area contributed by atoms with Crippen LogP contribution in [-0.2, 0) is 9.59 Å². The van der Waals surface area contributed by atoms with Gasteiger partial charge in [0.15, 0.2) is 0 Å². The number of hydrogen-bond donors (Lipinski definition) is 2. The predicted molar refractivity (Wildman–Crippen MR) is 46.2 cm³/mol. The summed E-state index contributed by atoms with van der Waals surface area (Å²) in [5.74, 6) is -0.575. The number of carbonyl (C=O) groups is 2. The van der Waals surface area contributed by atoms with E-state index in [2.05, 4.69) is 0 Å². The smallest absolute Gasteiger partial charge is 0.245 e. The molecule has 1 saturated carbocycles. The monoisotopic (exact) mass is 180 g/mol. The van der Waals surface area contributed by atoms with Crippen molar-refractivity contribution in [1.82, 2.24) is 0 Å². The van der Waals surface area contributed by atoms with Gasteiger partial charge >= 0.3 is 0 Å². The number of fused-ring (bicyclic) bond motifs is 2. The number of hydrogen-bond acceptors (Lipinski definition) is 2. The fraction of sp³-hybridized carbons (Fsp3) is 0.556. The summed E-state index contributed by atoms with van der Waals surface area (Å²) in [6, 6.07) is 0. The molecule has 0 radical (unpaired) electrons. The molecule has 2 aliphatic rings. The number of primary amides is 2. The lowest BCUT2D eigenvalue weighted by Crippen LogP contribution is -2.39. The van der Waals surface area contributed by atoms with Gasteiger partial charge in [0.1, 0.15) is 0 Å². The largest absolute Gasteiger partial charge is 0.369 e. The number of rotatable bonds is 2. The second-order valence-corrected chi connectivity index (χ2v) is 3.89. The van der Waals surface area contributed by atoms with Crippen LogP contribution in [0.3, 0.4) is 0 Å². The van der Waals surface area contributed by atoms with Crippen molar-refractivity contribution >= 4 is 11.8 Å². The third-order valence-electron chi connectivity index (χ3n) is 3.21. The van der Waals surface area contributed by atoms with Gasteiger partial charge in [-0.2, -0.15) is 0 Å². The minimum atomic E-state index is -0.726. The molecular weight excluding hydrogens is 168 g/mol. The highest BCUT2D eigenvalue weighted by Crippen LogP contribution is 2.53. The Labute approximate surface area is 76.0 Å². The van der Waals surface area contributed by atoms with Gasteiger partial charge < -0.3 is 11.5 Å². The Morgan fingerprint density at radius 3 is 2.54 bits per heavy atom. The normalized spacial score (nSPS) is 36.0. The highest BCUT2D eigenvalue weighted by atomic mass is 16.2. The van der Waals surface area contributed by atoms with Gasteiger partial charge in [0.05, 0.1) is 5.41 Å². The van der Waals surface area contributed by atoms with Gasteiger partial charge in [-0.05, 0) is 25.2 Å². The topological polar surface area (TPSA) is 86.2 Å². The van der Waals surface area contributed by atoms with E-state index in [4.69, 9.17) is 11.5 Å². The molecule has 0 aromatic heterocycles. The van der Waals surface area contributed by atoms with Gasteiger partial charge in [0.2, 0.25) is 11.8 Å². The standard InChI is InChI=1S/C9H12N2O2/c10-7(12)6-3-5-1-2-9(6,4-5)8(11)13/h3,5H,1-2,4H2,(H2,10,12)(H2,11,13). The molecule has 4 N–H and O–H groups in total. The molecule has 2 rings (SSSR count). The third kappa shape index (κ3) is 0.913. The van der Waals surface area contributed by atoms with Crippen LogP contribution in [0.2, 0.25) is 0 Å². The zero-order valence-electron chi connectivity index (χ0n) is 7.25. The Bertz CT molecular complexity index is 322. The van der Waals surface area contributed by atoms with Gasteiger partial charge in [-0.15, -0.1) is 0 Å². The van der Waals surface area contributed by atoms with Gasteiger partial charge in [-0.3, -0.25) is 9.59 Å². The summed E-state index contributed by atoms with van der Waals surface area (Å²) < 4.78 is 0. The summed E-state index contributed by atoms with van der Waals surface area (Å²) in [6.07, 6.45) is 4.12. The Hall–Kier alpha value is -1.32. The number of amides is 2. The third-order valence-corrected chi connectivity index (χ3v) is 3.21. The van der Waals surface area contributed by atoms with Crippen LogP contribution in [0.1, 0.15) is 19.3 Å². The van der Waals surface area contributed by atoms with Crippen LogP contribution < -0.4 is 11.5 Å². The average Bonchev–Trinajstić information content (AvgIpc) is 2.60. The van der Waals surface area contributed by atoms with E-state index < -0.39 is 17.2 Å². The van der Waals surface area contributed by atoms with Crippen LogP contribution in [0.4, 0.5) is 0 Å². The Morgan fingerprint density at radius 2 is 2.15 bits per heavy atom. The van der Waals surface area contributed by atoms with E-state index in [-0.39, 0.29) is 0 Å². The summed E-state index contributed by atoms with van der Waals surface area (Å²) in [6.45, 7) is 0. The van der Waals surface area contributed by atoms with E-state index in [9.17, 15) is 9.59 Å². The average molecular weight is 180 g/mol. The zero-order chi connectivity index (χ0) is 9.64. The summed E-state index contributed by atoms with van der Waals surface area (Å²) in [7, 11) is 0. The molecule has 70 valence electrons. The van der Waals surface area contributed by atoms with Crippen molar-refractivity contribution in [2.75, 3.05) is 0 Å². The lowest BCUT2D eigenvalue weighted by Gasteiger charge is -2.24. The Kier molecular flexibility index (Phi) is 1.49. The highest BCUT2D eigenvalue weighted by molar-refractivity contribution is 6.02. The highest BCUT2D eigenvalue weighted by Gasteiger charge is 2.52. The molecule has 0 aromatic rings. The molecule has 0 heterocycles. The van der Waals surface area contributed by atoms with E-state index in [0.717, 1.165) is 6.42 Å². The molecule has 13 heavy (non-hydrogen) atoms. The molecule has 0 spiro atoms. The van der Waals surface area contributed by atoms with E-state index >= 15 is 0 Å². The van der Waals surface area contributed by atoms with E-state index in [1.54, 1.807) is 0 Å². The first-order valence-corrected chi connectivity index (χ1v) is 4.38. The first-order chi connectivity index (χ1) is 6.06. The minimum absolute atomic E-state index is 0.329. The fourth-order valence-corrected chi connectivity index (χ4v) is 2.54. The summed E-state index contributed by atoms with van der Waals surface area (Å²) >= 11 is 0. The predicted octanol–water partition coefficient (Wildman–Crippen LogP) is -0.317. The number of carbonyl (C=O) groups excluding carboxylic acids is 2. The van der Waals surface area contributed by atoms with Crippen molar-refractivity contribution in [2.24, 2.45) is 22.8 Å². The number of nitrogens with two attached hydrogens (primary N) is 2. The molecule has 2 aliphatic carbocycles. The van der Waals surface area contributed by atoms with Gasteiger partial charge in [-0.25, -0.2) is 0 Å². The van der Waals surface area contributed by atoms with Crippen molar-refractivity contribution in [3.8, 4) is 0 Å². The Morgan fingerprint density at radius 1 is 1.46 bits per heavy atom. The van der Waals surface area contributed by atoms with E-state index in [1.807, 2.05) is 6.08 Å². The molecule has 0 aromatic carbocycles. The van der Waals surface area contributed by atoms with Crippen LogP contribution in [0, 0.1) is 11.3 Å². The summed E-state index contributed by atoms with van der Waals surface area (Å²) in [4.78, 5) is 22.3. The maximum atomic E-state index is 11.3. The molecule has 1 fully saturated rings. The van der Waals surface area contributed by atoms with Crippen molar-refractivity contribution < 1.29 is 9.59 Å². The first-order valence-electron chi connectivity index (χ1n) is 4.38. The van der Waals surface area contributed by atoms with E-state index in [1.165, 1.54) is 0 Å². The molecular formula is C9H12N2O2. The van der Waals surface area contributed by atoms with Crippen LogP contribution in [-0.4, -0.2) is 11.8 Å². The van der Waals surface area contributed by atoms with Crippen LogP contribution >= 0.6 is 0 Å². The maximum absolute atomic E-state index is 11.3. The zero-order valence-corrected chi connectivity index (χ0v) is 7.25. The second kappa shape index (κ2) is 2.34. The maximum Gasteiger partial charge on any atom is 0.245 e. The quantitative estimate of drug-likeness (QED) is 0.610. The lowest BCUT2D eigenvalue weighted by atomic mass is 9.79.